The molecule has 1 aromatic rings. The highest BCUT2D eigenvalue weighted by molar-refractivity contribution is 7.89. The molecular weight excluding hydrogens is 430 g/mol. The van der Waals surface area contributed by atoms with Gasteiger partial charge in [-0.15, -0.1) is 0 Å². The molecule has 0 atom stereocenters. The smallest absolute Gasteiger partial charge is 0.251 e. The Morgan fingerprint density at radius 2 is 1.67 bits per heavy atom. The van der Waals surface area contributed by atoms with E-state index in [-0.39, 0.29) is 22.8 Å². The lowest BCUT2D eigenvalue weighted by atomic mass is 10.1. The van der Waals surface area contributed by atoms with Crippen molar-refractivity contribution in [2.75, 3.05) is 51.7 Å². The van der Waals surface area contributed by atoms with Crippen LogP contribution in [0.3, 0.4) is 0 Å². The number of ether oxygens (including phenoxy) is 1. The lowest BCUT2D eigenvalue weighted by Crippen LogP contribution is -2.43. The molecule has 3 rings (SSSR count). The van der Waals surface area contributed by atoms with Gasteiger partial charge in [0.25, 0.3) is 5.91 Å². The van der Waals surface area contributed by atoms with E-state index in [9.17, 15) is 21.6 Å². The molecule has 2 aliphatic rings. The molecule has 2 fully saturated rings. The third kappa shape index (κ3) is 5.38. The number of hydrogen-bond acceptors (Lipinski definition) is 6. The molecule has 2 aliphatic heterocycles. The van der Waals surface area contributed by atoms with Crippen molar-refractivity contribution in [1.82, 2.24) is 13.9 Å². The van der Waals surface area contributed by atoms with E-state index in [1.54, 1.807) is 13.0 Å². The first-order valence-corrected chi connectivity index (χ1v) is 13.2. The molecule has 1 amide bonds. The highest BCUT2D eigenvalue weighted by Crippen LogP contribution is 2.23. The summed E-state index contributed by atoms with van der Waals surface area (Å²) in [5.41, 5.74) is 0.859. The van der Waals surface area contributed by atoms with Gasteiger partial charge in [0.05, 0.1) is 23.9 Å². The number of piperidine rings is 1. The molecule has 0 saturated carbocycles. The average molecular weight is 460 g/mol. The molecule has 1 aromatic carbocycles. The highest BCUT2D eigenvalue weighted by Gasteiger charge is 2.27. The standard InChI is InChI=1S/C19H29N3O6S2/c1-16-5-6-17(30(26,27)22-8-3-2-4-9-22)15-18(16)19(23)20-7-14-29(24,25)21-10-12-28-13-11-21/h5-6,15H,2-4,7-14H2,1H3,(H,20,23). The van der Waals surface area contributed by atoms with Crippen molar-refractivity contribution in [3.8, 4) is 0 Å². The Morgan fingerprint density at radius 3 is 2.33 bits per heavy atom. The Morgan fingerprint density at radius 1 is 1.00 bits per heavy atom. The molecule has 30 heavy (non-hydrogen) atoms. The fourth-order valence-corrected chi connectivity index (χ4v) is 6.47. The number of nitrogens with zero attached hydrogens (tertiary/aromatic N) is 2. The minimum Gasteiger partial charge on any atom is -0.379 e. The third-order valence-electron chi connectivity index (χ3n) is 5.42. The zero-order valence-corrected chi connectivity index (χ0v) is 18.8. The topological polar surface area (TPSA) is 113 Å². The first-order chi connectivity index (χ1) is 14.2. The summed E-state index contributed by atoms with van der Waals surface area (Å²) in [4.78, 5) is 12.7. The van der Waals surface area contributed by atoms with Gasteiger partial charge in [-0.25, -0.2) is 16.8 Å². The average Bonchev–Trinajstić information content (AvgIpc) is 2.75. The Kier molecular flexibility index (Phi) is 7.51. The molecule has 0 bridgehead atoms. The Balaban J connectivity index is 1.66. The van der Waals surface area contributed by atoms with E-state index in [0.29, 0.717) is 45.0 Å². The number of rotatable bonds is 7. The Hall–Kier alpha value is -1.53. The van der Waals surface area contributed by atoms with Crippen molar-refractivity contribution in [1.29, 1.82) is 0 Å². The van der Waals surface area contributed by atoms with Crippen LogP contribution in [0.25, 0.3) is 0 Å². The van der Waals surface area contributed by atoms with Crippen LogP contribution >= 0.6 is 0 Å². The number of carbonyl (C=O) groups excluding carboxylic acids is 1. The maximum Gasteiger partial charge on any atom is 0.251 e. The molecule has 9 nitrogen and oxygen atoms in total. The van der Waals surface area contributed by atoms with Gasteiger partial charge in [-0.1, -0.05) is 12.5 Å². The zero-order chi connectivity index (χ0) is 21.8. The summed E-state index contributed by atoms with van der Waals surface area (Å²) in [6.45, 7) is 3.98. The van der Waals surface area contributed by atoms with Gasteiger partial charge in [0, 0.05) is 38.3 Å². The van der Waals surface area contributed by atoms with E-state index in [0.717, 1.165) is 19.3 Å². The number of amides is 1. The van der Waals surface area contributed by atoms with Crippen molar-refractivity contribution in [2.45, 2.75) is 31.1 Å². The van der Waals surface area contributed by atoms with Crippen LogP contribution in [0.15, 0.2) is 23.1 Å². The third-order valence-corrected chi connectivity index (χ3v) is 9.18. The second-order valence-electron chi connectivity index (χ2n) is 7.52. The maximum absolute atomic E-state index is 12.9. The minimum absolute atomic E-state index is 0.0545. The second kappa shape index (κ2) is 9.73. The van der Waals surface area contributed by atoms with Crippen LogP contribution in [-0.2, 0) is 24.8 Å². The summed E-state index contributed by atoms with van der Waals surface area (Å²) in [5, 5.41) is 2.61. The molecule has 0 spiro atoms. The summed E-state index contributed by atoms with van der Waals surface area (Å²) >= 11 is 0. The van der Waals surface area contributed by atoms with Crippen LogP contribution in [0.1, 0.15) is 35.2 Å². The number of morpholine rings is 1. The predicted molar refractivity (Wildman–Crippen MR) is 112 cm³/mol. The molecule has 0 aliphatic carbocycles. The van der Waals surface area contributed by atoms with E-state index in [1.165, 1.54) is 20.7 Å². The molecule has 0 unspecified atom stereocenters. The van der Waals surface area contributed by atoms with Gasteiger partial charge in [-0.2, -0.15) is 8.61 Å². The second-order valence-corrected chi connectivity index (χ2v) is 11.6. The van der Waals surface area contributed by atoms with Crippen LogP contribution in [0.4, 0.5) is 0 Å². The summed E-state index contributed by atoms with van der Waals surface area (Å²) in [6, 6.07) is 4.50. The minimum atomic E-state index is -3.65. The van der Waals surface area contributed by atoms with Gasteiger partial charge in [-0.05, 0) is 37.5 Å². The van der Waals surface area contributed by atoms with Gasteiger partial charge >= 0.3 is 0 Å². The predicted octanol–water partition coefficient (Wildman–Crippen LogP) is 0.561. The normalized spacial score (nSPS) is 19.5. The molecule has 2 saturated heterocycles. The zero-order valence-electron chi connectivity index (χ0n) is 17.2. The van der Waals surface area contributed by atoms with Crippen LogP contribution in [0.2, 0.25) is 0 Å². The van der Waals surface area contributed by atoms with Crippen LogP contribution in [0, 0.1) is 6.92 Å². The summed E-state index contributed by atoms with van der Waals surface area (Å²) in [5.74, 6) is -0.704. The highest BCUT2D eigenvalue weighted by atomic mass is 32.2. The van der Waals surface area contributed by atoms with Crippen LogP contribution in [0.5, 0.6) is 0 Å². The first kappa shape index (κ1) is 23.1. The number of benzene rings is 1. The monoisotopic (exact) mass is 459 g/mol. The summed E-state index contributed by atoms with van der Waals surface area (Å²) in [7, 11) is -7.14. The largest absolute Gasteiger partial charge is 0.379 e. The molecule has 1 N–H and O–H groups in total. The summed E-state index contributed by atoms with van der Waals surface area (Å²) < 4.78 is 58.5. The number of sulfonamides is 2. The molecule has 0 radical (unpaired) electrons. The van der Waals surface area contributed by atoms with Crippen LogP contribution < -0.4 is 5.32 Å². The van der Waals surface area contributed by atoms with E-state index >= 15 is 0 Å². The van der Waals surface area contributed by atoms with Crippen molar-refractivity contribution in [2.24, 2.45) is 0 Å². The number of hydrogen-bond donors (Lipinski definition) is 1. The molecule has 0 aromatic heterocycles. The van der Waals surface area contributed by atoms with Crippen molar-refractivity contribution in [3.63, 3.8) is 0 Å². The first-order valence-electron chi connectivity index (χ1n) is 10.2. The number of aryl methyl sites for hydroxylation is 1. The van der Waals surface area contributed by atoms with E-state index < -0.39 is 26.0 Å². The maximum atomic E-state index is 12.9. The van der Waals surface area contributed by atoms with E-state index in [2.05, 4.69) is 5.32 Å². The molecule has 11 heteroatoms. The molecule has 168 valence electrons. The van der Waals surface area contributed by atoms with Crippen LogP contribution in [-0.4, -0.2) is 83.0 Å². The lowest BCUT2D eigenvalue weighted by Gasteiger charge is -2.26. The van der Waals surface area contributed by atoms with E-state index in [4.69, 9.17) is 4.74 Å². The van der Waals surface area contributed by atoms with Crippen molar-refractivity contribution in [3.05, 3.63) is 29.3 Å². The lowest BCUT2D eigenvalue weighted by molar-refractivity contribution is 0.0730. The van der Waals surface area contributed by atoms with Crippen molar-refractivity contribution >= 4 is 26.0 Å². The quantitative estimate of drug-likeness (QED) is 0.638. The van der Waals surface area contributed by atoms with Gasteiger partial charge in [-0.3, -0.25) is 4.79 Å². The van der Waals surface area contributed by atoms with Gasteiger partial charge in [0.15, 0.2) is 0 Å². The Labute approximate surface area is 178 Å². The van der Waals surface area contributed by atoms with Gasteiger partial charge in [0.1, 0.15) is 0 Å². The Bertz CT molecular complexity index is 966. The fourth-order valence-electron chi connectivity index (χ4n) is 3.60. The number of nitrogens with one attached hydrogen (secondary N) is 1. The SMILES string of the molecule is Cc1ccc(S(=O)(=O)N2CCCCC2)cc1C(=O)NCCS(=O)(=O)N1CCOCC1. The van der Waals surface area contributed by atoms with E-state index in [1.807, 2.05) is 0 Å². The fraction of sp³-hybridized carbons (Fsp3) is 0.632. The molecular formula is C19H29N3O6S2. The van der Waals surface area contributed by atoms with Gasteiger partial charge < -0.3 is 10.1 Å². The van der Waals surface area contributed by atoms with Gasteiger partial charge in [0.2, 0.25) is 20.0 Å². The molecule has 2 heterocycles. The summed E-state index contributed by atoms with van der Waals surface area (Å²) in [6.07, 6.45) is 2.67. The van der Waals surface area contributed by atoms with Crippen molar-refractivity contribution < 1.29 is 26.4 Å². The number of carbonyl (C=O) groups is 1.